The van der Waals surface area contributed by atoms with Gasteiger partial charge in [-0.05, 0) is 50.1 Å². The summed E-state index contributed by atoms with van der Waals surface area (Å²) in [6.07, 6.45) is 9.68. The SMILES string of the molecule is CC(NC(=O)c1ccc(C(/C=C\N)=C/N)s1)C1CCCC1. The minimum absolute atomic E-state index is 0.00116. The number of nitrogens with two attached hydrogens (primary N) is 2. The number of amides is 1. The smallest absolute Gasteiger partial charge is 0.261 e. The van der Waals surface area contributed by atoms with E-state index in [1.165, 1.54) is 49.4 Å². The molecule has 0 bridgehead atoms. The summed E-state index contributed by atoms with van der Waals surface area (Å²) in [7, 11) is 0. The normalized spacial score (nSPS) is 18.2. The Kier molecular flexibility index (Phi) is 5.44. The summed E-state index contributed by atoms with van der Waals surface area (Å²) in [5.74, 6) is 0.617. The van der Waals surface area contributed by atoms with E-state index in [1.54, 1.807) is 6.08 Å². The van der Waals surface area contributed by atoms with E-state index < -0.39 is 0 Å². The summed E-state index contributed by atoms with van der Waals surface area (Å²) in [5.41, 5.74) is 11.8. The maximum atomic E-state index is 12.3. The van der Waals surface area contributed by atoms with Crippen LogP contribution in [0.4, 0.5) is 0 Å². The topological polar surface area (TPSA) is 81.1 Å². The quantitative estimate of drug-likeness (QED) is 0.732. The molecular weight excluding hydrogens is 282 g/mol. The van der Waals surface area contributed by atoms with Crippen molar-refractivity contribution in [3.8, 4) is 0 Å². The molecule has 1 amide bonds. The van der Waals surface area contributed by atoms with Gasteiger partial charge >= 0.3 is 0 Å². The molecule has 1 aliphatic rings. The first-order valence-corrected chi connectivity index (χ1v) is 8.18. The van der Waals surface area contributed by atoms with Crippen molar-refractivity contribution >= 4 is 22.8 Å². The summed E-state index contributed by atoms with van der Waals surface area (Å²) < 4.78 is 0. The Hall–Kier alpha value is -1.75. The van der Waals surface area contributed by atoms with E-state index in [1.807, 2.05) is 12.1 Å². The number of hydrogen-bond acceptors (Lipinski definition) is 4. The average molecular weight is 305 g/mol. The van der Waals surface area contributed by atoms with Gasteiger partial charge in [-0.15, -0.1) is 11.3 Å². The summed E-state index contributed by atoms with van der Waals surface area (Å²) in [5, 5.41) is 3.12. The molecule has 0 radical (unpaired) electrons. The van der Waals surface area contributed by atoms with Gasteiger partial charge in [0.15, 0.2) is 0 Å². The van der Waals surface area contributed by atoms with Crippen molar-refractivity contribution in [2.45, 2.75) is 38.6 Å². The second kappa shape index (κ2) is 7.31. The standard InChI is InChI=1S/C16H23N3OS/c1-11(12-4-2-3-5-12)19-16(20)15-7-6-14(21-15)13(10-18)8-9-17/h6-12H,2-5,17-18H2,1H3,(H,19,20)/b9-8-,13-10+. The van der Waals surface area contributed by atoms with Crippen LogP contribution in [-0.2, 0) is 0 Å². The Morgan fingerprint density at radius 2 is 2.00 bits per heavy atom. The number of thiophene rings is 1. The molecule has 1 aromatic heterocycles. The minimum Gasteiger partial charge on any atom is -0.405 e. The van der Waals surface area contributed by atoms with Crippen LogP contribution < -0.4 is 16.8 Å². The lowest BCUT2D eigenvalue weighted by Crippen LogP contribution is -2.36. The third-order valence-electron chi connectivity index (χ3n) is 4.04. The van der Waals surface area contributed by atoms with Crippen molar-refractivity contribution in [1.29, 1.82) is 0 Å². The van der Waals surface area contributed by atoms with E-state index in [-0.39, 0.29) is 11.9 Å². The van der Waals surface area contributed by atoms with Crippen molar-refractivity contribution in [2.24, 2.45) is 17.4 Å². The Morgan fingerprint density at radius 3 is 2.62 bits per heavy atom. The molecule has 1 saturated carbocycles. The van der Waals surface area contributed by atoms with E-state index in [9.17, 15) is 4.79 Å². The molecule has 0 saturated heterocycles. The summed E-state index contributed by atoms with van der Waals surface area (Å²) in [6, 6.07) is 3.97. The fraction of sp³-hybridized carbons (Fsp3) is 0.438. The monoisotopic (exact) mass is 305 g/mol. The molecule has 1 aliphatic carbocycles. The van der Waals surface area contributed by atoms with Crippen LogP contribution in [0, 0.1) is 5.92 Å². The van der Waals surface area contributed by atoms with Crippen LogP contribution in [-0.4, -0.2) is 11.9 Å². The average Bonchev–Trinajstić information content (AvgIpc) is 3.15. The molecule has 1 atom stereocenters. The van der Waals surface area contributed by atoms with E-state index in [0.29, 0.717) is 10.8 Å². The molecule has 1 heterocycles. The molecule has 5 heteroatoms. The highest BCUT2D eigenvalue weighted by Gasteiger charge is 2.23. The predicted molar refractivity (Wildman–Crippen MR) is 88.7 cm³/mol. The fourth-order valence-corrected chi connectivity index (χ4v) is 3.71. The summed E-state index contributed by atoms with van der Waals surface area (Å²) in [4.78, 5) is 14.0. The second-order valence-corrected chi connectivity index (χ2v) is 6.54. The third kappa shape index (κ3) is 3.88. The Labute approximate surface area is 129 Å². The van der Waals surface area contributed by atoms with Crippen LogP contribution >= 0.6 is 11.3 Å². The molecule has 5 N–H and O–H groups in total. The van der Waals surface area contributed by atoms with Crippen molar-refractivity contribution < 1.29 is 4.79 Å². The van der Waals surface area contributed by atoms with Gasteiger partial charge in [-0.3, -0.25) is 4.79 Å². The maximum Gasteiger partial charge on any atom is 0.261 e. The zero-order chi connectivity index (χ0) is 15.2. The lowest BCUT2D eigenvalue weighted by molar-refractivity contribution is 0.0931. The third-order valence-corrected chi connectivity index (χ3v) is 5.17. The molecule has 0 aliphatic heterocycles. The highest BCUT2D eigenvalue weighted by atomic mass is 32.1. The van der Waals surface area contributed by atoms with Crippen LogP contribution in [0.5, 0.6) is 0 Å². The number of rotatable bonds is 5. The Morgan fingerprint density at radius 1 is 1.33 bits per heavy atom. The van der Waals surface area contributed by atoms with Crippen LogP contribution in [0.3, 0.4) is 0 Å². The minimum atomic E-state index is -0.00116. The van der Waals surface area contributed by atoms with E-state index in [0.717, 1.165) is 10.5 Å². The van der Waals surface area contributed by atoms with Crippen LogP contribution in [0.25, 0.3) is 5.57 Å². The molecule has 1 aromatic rings. The molecular formula is C16H23N3OS. The zero-order valence-electron chi connectivity index (χ0n) is 12.3. The lowest BCUT2D eigenvalue weighted by atomic mass is 10.00. The number of nitrogens with one attached hydrogen (secondary N) is 1. The van der Waals surface area contributed by atoms with Crippen molar-refractivity contribution in [1.82, 2.24) is 5.32 Å². The Balaban J connectivity index is 2.01. The van der Waals surface area contributed by atoms with Crippen LogP contribution in [0.2, 0.25) is 0 Å². The molecule has 0 spiro atoms. The zero-order valence-corrected chi connectivity index (χ0v) is 13.2. The molecule has 21 heavy (non-hydrogen) atoms. The van der Waals surface area contributed by atoms with Crippen molar-refractivity contribution in [3.05, 3.63) is 40.4 Å². The first kappa shape index (κ1) is 15.6. The van der Waals surface area contributed by atoms with Crippen LogP contribution in [0.1, 0.15) is 47.2 Å². The molecule has 0 aromatic carbocycles. The van der Waals surface area contributed by atoms with Gasteiger partial charge in [-0.25, -0.2) is 0 Å². The lowest BCUT2D eigenvalue weighted by Gasteiger charge is -2.19. The predicted octanol–water partition coefficient (Wildman–Crippen LogP) is 2.83. The van der Waals surface area contributed by atoms with E-state index >= 15 is 0 Å². The molecule has 1 unspecified atom stereocenters. The van der Waals surface area contributed by atoms with Gasteiger partial charge in [0, 0.05) is 22.7 Å². The van der Waals surface area contributed by atoms with Crippen LogP contribution in [0.15, 0.2) is 30.6 Å². The highest BCUT2D eigenvalue weighted by Crippen LogP contribution is 2.28. The van der Waals surface area contributed by atoms with Gasteiger partial charge in [0.2, 0.25) is 0 Å². The van der Waals surface area contributed by atoms with Crippen molar-refractivity contribution in [2.75, 3.05) is 0 Å². The van der Waals surface area contributed by atoms with Gasteiger partial charge in [-0.1, -0.05) is 12.8 Å². The second-order valence-electron chi connectivity index (χ2n) is 5.45. The molecule has 1 fully saturated rings. The first-order chi connectivity index (χ1) is 10.2. The molecule has 4 nitrogen and oxygen atoms in total. The maximum absolute atomic E-state index is 12.3. The van der Waals surface area contributed by atoms with Gasteiger partial charge in [0.25, 0.3) is 5.91 Å². The molecule has 2 rings (SSSR count). The summed E-state index contributed by atoms with van der Waals surface area (Å²) in [6.45, 7) is 2.10. The Bertz CT molecular complexity index is 541. The van der Waals surface area contributed by atoms with Gasteiger partial charge < -0.3 is 16.8 Å². The van der Waals surface area contributed by atoms with Gasteiger partial charge in [0.05, 0.1) is 4.88 Å². The summed E-state index contributed by atoms with van der Waals surface area (Å²) >= 11 is 1.43. The number of allylic oxidation sites excluding steroid dienone is 2. The van der Waals surface area contributed by atoms with Crippen molar-refractivity contribution in [3.63, 3.8) is 0 Å². The van der Waals surface area contributed by atoms with E-state index in [4.69, 9.17) is 11.5 Å². The van der Waals surface area contributed by atoms with Gasteiger partial charge in [-0.2, -0.15) is 0 Å². The molecule has 114 valence electrons. The number of carbonyl (C=O) groups is 1. The number of hydrogen-bond donors (Lipinski definition) is 3. The van der Waals surface area contributed by atoms with Gasteiger partial charge in [0.1, 0.15) is 0 Å². The fourth-order valence-electron chi connectivity index (χ4n) is 2.79. The highest BCUT2D eigenvalue weighted by molar-refractivity contribution is 7.15. The largest absolute Gasteiger partial charge is 0.405 e. The first-order valence-electron chi connectivity index (χ1n) is 7.37. The number of carbonyl (C=O) groups excluding carboxylic acids is 1. The van der Waals surface area contributed by atoms with E-state index in [2.05, 4.69) is 12.2 Å².